The monoisotopic (exact) mass is 245 g/mol. The van der Waals surface area contributed by atoms with Crippen molar-refractivity contribution in [1.29, 1.82) is 0 Å². The summed E-state index contributed by atoms with van der Waals surface area (Å²) in [6.45, 7) is 6.15. The number of hydrogen-bond acceptors (Lipinski definition) is 1. The van der Waals surface area contributed by atoms with Crippen molar-refractivity contribution < 1.29 is 9.90 Å². The maximum Gasteiger partial charge on any atom is 0.304 e. The summed E-state index contributed by atoms with van der Waals surface area (Å²) in [5.74, 6) is -0.741. The van der Waals surface area contributed by atoms with E-state index in [1.54, 1.807) is 0 Å². The predicted octanol–water partition coefficient (Wildman–Crippen LogP) is 3.62. The Kier molecular flexibility index (Phi) is 3.41. The smallest absolute Gasteiger partial charge is 0.304 e. The van der Waals surface area contributed by atoms with E-state index in [0.717, 1.165) is 17.6 Å². The number of hydrogen-bond donors (Lipinski definition) is 2. The molecule has 1 unspecified atom stereocenters. The molecule has 0 saturated heterocycles. The van der Waals surface area contributed by atoms with Crippen molar-refractivity contribution in [2.24, 2.45) is 0 Å². The molecule has 0 spiro atoms. The molecule has 1 atom stereocenters. The van der Waals surface area contributed by atoms with Gasteiger partial charge in [-0.15, -0.1) is 0 Å². The largest absolute Gasteiger partial charge is 0.481 e. The third-order valence-electron chi connectivity index (χ3n) is 3.54. The normalized spacial score (nSPS) is 12.8. The van der Waals surface area contributed by atoms with Gasteiger partial charge in [0.05, 0.1) is 6.42 Å². The summed E-state index contributed by atoms with van der Waals surface area (Å²) in [6.07, 6.45) is 1.18. The van der Waals surface area contributed by atoms with Crippen LogP contribution >= 0.6 is 0 Å². The molecule has 96 valence electrons. The lowest BCUT2D eigenvalue weighted by Gasteiger charge is -2.07. The number of benzene rings is 1. The Morgan fingerprint density at radius 1 is 1.44 bits per heavy atom. The van der Waals surface area contributed by atoms with Gasteiger partial charge in [0.15, 0.2) is 0 Å². The van der Waals surface area contributed by atoms with Gasteiger partial charge in [0, 0.05) is 22.5 Å². The van der Waals surface area contributed by atoms with E-state index < -0.39 is 5.97 Å². The van der Waals surface area contributed by atoms with E-state index in [1.807, 2.05) is 6.92 Å². The number of H-pyrrole nitrogens is 1. The molecule has 0 aliphatic heterocycles. The number of aromatic amines is 1. The van der Waals surface area contributed by atoms with Gasteiger partial charge < -0.3 is 10.1 Å². The predicted molar refractivity (Wildman–Crippen MR) is 73.1 cm³/mol. The molecular weight excluding hydrogens is 226 g/mol. The first-order valence-corrected chi connectivity index (χ1v) is 6.35. The molecule has 0 aliphatic carbocycles. The Labute approximate surface area is 107 Å². The van der Waals surface area contributed by atoms with Crippen LogP contribution in [0.4, 0.5) is 0 Å². The van der Waals surface area contributed by atoms with Gasteiger partial charge in [-0.05, 0) is 36.6 Å². The molecule has 0 amide bonds. The Hall–Kier alpha value is -1.77. The fourth-order valence-corrected chi connectivity index (χ4v) is 2.47. The quantitative estimate of drug-likeness (QED) is 0.864. The number of aromatic nitrogens is 1. The van der Waals surface area contributed by atoms with Crippen LogP contribution in [-0.2, 0) is 11.2 Å². The molecule has 1 heterocycles. The van der Waals surface area contributed by atoms with Crippen molar-refractivity contribution in [3.05, 3.63) is 35.0 Å². The van der Waals surface area contributed by atoms with Crippen LogP contribution in [-0.4, -0.2) is 16.1 Å². The highest BCUT2D eigenvalue weighted by Gasteiger charge is 2.16. The Bertz CT molecular complexity index is 583. The maximum atomic E-state index is 10.8. The number of aliphatic carboxylic acids is 1. The molecule has 1 aromatic carbocycles. The lowest BCUT2D eigenvalue weighted by molar-refractivity contribution is -0.137. The molecule has 2 aromatic rings. The van der Waals surface area contributed by atoms with Crippen LogP contribution in [0.25, 0.3) is 10.9 Å². The van der Waals surface area contributed by atoms with E-state index >= 15 is 0 Å². The maximum absolute atomic E-state index is 10.8. The first-order chi connectivity index (χ1) is 8.52. The molecule has 3 heteroatoms. The van der Waals surface area contributed by atoms with E-state index in [1.165, 1.54) is 16.5 Å². The molecule has 1 aromatic heterocycles. The molecule has 0 radical (unpaired) electrons. The van der Waals surface area contributed by atoms with Gasteiger partial charge in [0.1, 0.15) is 0 Å². The lowest BCUT2D eigenvalue weighted by atomic mass is 9.99. The number of aryl methyl sites for hydroxylation is 2. The number of fused-ring (bicyclic) bond motifs is 1. The van der Waals surface area contributed by atoms with Crippen LogP contribution in [0.5, 0.6) is 0 Å². The Morgan fingerprint density at radius 3 is 2.78 bits per heavy atom. The van der Waals surface area contributed by atoms with Gasteiger partial charge in [0.2, 0.25) is 0 Å². The molecule has 0 bridgehead atoms. The van der Waals surface area contributed by atoms with E-state index in [-0.39, 0.29) is 12.3 Å². The highest BCUT2D eigenvalue weighted by Crippen LogP contribution is 2.29. The lowest BCUT2D eigenvalue weighted by Crippen LogP contribution is -2.04. The van der Waals surface area contributed by atoms with Crippen molar-refractivity contribution in [3.63, 3.8) is 0 Å². The first kappa shape index (κ1) is 12.7. The van der Waals surface area contributed by atoms with Gasteiger partial charge in [-0.1, -0.05) is 19.9 Å². The van der Waals surface area contributed by atoms with E-state index in [2.05, 4.69) is 37.0 Å². The summed E-state index contributed by atoms with van der Waals surface area (Å²) in [7, 11) is 0. The number of carboxylic acid groups (broad SMARTS) is 1. The highest BCUT2D eigenvalue weighted by atomic mass is 16.4. The highest BCUT2D eigenvalue weighted by molar-refractivity contribution is 5.85. The fourth-order valence-electron chi connectivity index (χ4n) is 2.47. The topological polar surface area (TPSA) is 53.1 Å². The van der Waals surface area contributed by atoms with Gasteiger partial charge in [-0.2, -0.15) is 0 Å². The minimum atomic E-state index is -0.755. The second-order valence-electron chi connectivity index (χ2n) is 4.90. The van der Waals surface area contributed by atoms with Crippen molar-refractivity contribution in [2.75, 3.05) is 0 Å². The summed E-state index contributed by atoms with van der Waals surface area (Å²) < 4.78 is 0. The van der Waals surface area contributed by atoms with Crippen LogP contribution in [0.3, 0.4) is 0 Å². The van der Waals surface area contributed by atoms with Crippen molar-refractivity contribution in [3.8, 4) is 0 Å². The van der Waals surface area contributed by atoms with E-state index in [0.29, 0.717) is 0 Å². The average Bonchev–Trinajstić information content (AvgIpc) is 2.65. The van der Waals surface area contributed by atoms with Crippen molar-refractivity contribution in [1.82, 2.24) is 4.98 Å². The summed E-state index contributed by atoms with van der Waals surface area (Å²) in [4.78, 5) is 14.2. The third-order valence-corrected chi connectivity index (χ3v) is 3.54. The van der Waals surface area contributed by atoms with Crippen LogP contribution in [0.2, 0.25) is 0 Å². The SMILES string of the molecule is CCc1ccc2[nH]c(C(C)CC(=O)O)c(C)c2c1. The molecule has 0 aliphatic rings. The molecule has 2 N–H and O–H groups in total. The van der Waals surface area contributed by atoms with Gasteiger partial charge in [0.25, 0.3) is 0 Å². The van der Waals surface area contributed by atoms with Crippen LogP contribution in [0.15, 0.2) is 18.2 Å². The summed E-state index contributed by atoms with van der Waals surface area (Å²) in [6, 6.07) is 6.39. The Balaban J connectivity index is 2.46. The van der Waals surface area contributed by atoms with E-state index in [4.69, 9.17) is 5.11 Å². The number of carbonyl (C=O) groups is 1. The number of nitrogens with one attached hydrogen (secondary N) is 1. The number of carboxylic acids is 1. The summed E-state index contributed by atoms with van der Waals surface area (Å²) in [5.41, 5.74) is 4.62. The standard InChI is InChI=1S/C15H19NO2/c1-4-11-5-6-13-12(8-11)10(3)15(16-13)9(2)7-14(17)18/h5-6,8-9,16H,4,7H2,1-3H3,(H,17,18). The zero-order chi connectivity index (χ0) is 13.3. The van der Waals surface area contributed by atoms with Crippen molar-refractivity contribution in [2.45, 2.75) is 39.5 Å². The minimum absolute atomic E-state index is 0.0139. The molecule has 0 fully saturated rings. The van der Waals surface area contributed by atoms with Gasteiger partial charge in [-0.3, -0.25) is 4.79 Å². The zero-order valence-electron chi connectivity index (χ0n) is 11.1. The van der Waals surface area contributed by atoms with Gasteiger partial charge >= 0.3 is 5.97 Å². The summed E-state index contributed by atoms with van der Waals surface area (Å²) in [5, 5.41) is 10.1. The van der Waals surface area contributed by atoms with Crippen LogP contribution < -0.4 is 0 Å². The van der Waals surface area contributed by atoms with Crippen LogP contribution in [0.1, 0.15) is 43.0 Å². The summed E-state index contributed by atoms with van der Waals surface area (Å²) >= 11 is 0. The molecular formula is C15H19NO2. The first-order valence-electron chi connectivity index (χ1n) is 6.35. The second-order valence-corrected chi connectivity index (χ2v) is 4.90. The minimum Gasteiger partial charge on any atom is -0.481 e. The fraction of sp³-hybridized carbons (Fsp3) is 0.400. The van der Waals surface area contributed by atoms with Gasteiger partial charge in [-0.25, -0.2) is 0 Å². The van der Waals surface area contributed by atoms with Crippen LogP contribution in [0, 0.1) is 6.92 Å². The number of rotatable bonds is 4. The zero-order valence-corrected chi connectivity index (χ0v) is 11.1. The average molecular weight is 245 g/mol. The van der Waals surface area contributed by atoms with Crippen molar-refractivity contribution >= 4 is 16.9 Å². The molecule has 3 nitrogen and oxygen atoms in total. The Morgan fingerprint density at radius 2 is 2.17 bits per heavy atom. The van der Waals surface area contributed by atoms with E-state index in [9.17, 15) is 4.79 Å². The molecule has 2 rings (SSSR count). The third kappa shape index (κ3) is 2.26. The molecule has 18 heavy (non-hydrogen) atoms. The molecule has 0 saturated carbocycles. The second kappa shape index (κ2) is 4.84.